The second-order valence-corrected chi connectivity index (χ2v) is 7.91. The number of ether oxygens (including phenoxy) is 2. The van der Waals surface area contributed by atoms with Crippen LogP contribution in [0.15, 0.2) is 66.7 Å². The molecule has 4 aromatic rings. The smallest absolute Gasteiger partial charge is 0.407 e. The Morgan fingerprint density at radius 1 is 1.05 bits per heavy atom. The van der Waals surface area contributed by atoms with Crippen LogP contribution in [0.1, 0.15) is 16.8 Å². The van der Waals surface area contributed by atoms with Crippen LogP contribution in [0, 0.1) is 24.5 Å². The Kier molecular flexibility index (Phi) is 7.23. The van der Waals surface area contributed by atoms with Crippen LogP contribution in [0.5, 0.6) is 17.2 Å². The molecule has 2 N–H and O–H groups in total. The summed E-state index contributed by atoms with van der Waals surface area (Å²) in [7, 11) is 1.35. The Morgan fingerprint density at radius 2 is 1.79 bits per heavy atom. The molecule has 0 bridgehead atoms. The van der Waals surface area contributed by atoms with Crippen molar-refractivity contribution in [3.63, 3.8) is 0 Å². The van der Waals surface area contributed by atoms with Gasteiger partial charge in [0.15, 0.2) is 17.2 Å². The molecule has 0 fully saturated rings. The predicted octanol–water partition coefficient (Wildman–Crippen LogP) is 7.44. The Bertz CT molecular complexity index is 1700. The maximum absolute atomic E-state index is 13.3. The number of hydrogen-bond donors (Lipinski definition) is 1. The average Bonchev–Trinajstić information content (AvgIpc) is 3.28. The second-order valence-electron chi connectivity index (χ2n) is 7.91. The normalized spacial score (nSPS) is 11.3. The zero-order valence-corrected chi connectivity index (χ0v) is 20.2. The third-order valence-corrected chi connectivity index (χ3v) is 5.50. The van der Waals surface area contributed by atoms with Crippen molar-refractivity contribution in [2.24, 2.45) is 0 Å². The van der Waals surface area contributed by atoms with Gasteiger partial charge in [0.05, 0.1) is 37.1 Å². The van der Waals surface area contributed by atoms with E-state index in [0.717, 1.165) is 12.1 Å². The zero-order chi connectivity index (χ0) is 28.2. The number of nitrogens with zero attached hydrogens (tertiary/aromatic N) is 5. The van der Waals surface area contributed by atoms with Crippen LogP contribution in [0.3, 0.4) is 0 Å². The first-order valence-electron chi connectivity index (χ1n) is 11.1. The fourth-order valence-corrected chi connectivity index (χ4v) is 3.69. The number of nitrogens with two attached hydrogens (primary N) is 1. The van der Waals surface area contributed by atoms with Gasteiger partial charge in [-0.1, -0.05) is 30.3 Å². The van der Waals surface area contributed by atoms with Crippen molar-refractivity contribution in [2.45, 2.75) is 6.18 Å². The maximum Gasteiger partial charge on any atom is 0.407 e. The van der Waals surface area contributed by atoms with Crippen LogP contribution in [0.2, 0.25) is 0 Å². The first-order valence-corrected chi connectivity index (χ1v) is 11.1. The number of methoxy groups -OCH3 is 1. The molecule has 0 aliphatic carbocycles. The van der Waals surface area contributed by atoms with E-state index < -0.39 is 17.4 Å². The molecule has 0 radical (unpaired) electrons. The van der Waals surface area contributed by atoms with Crippen molar-refractivity contribution < 1.29 is 22.6 Å². The summed E-state index contributed by atoms with van der Waals surface area (Å²) < 4.78 is 52.4. The Balaban J connectivity index is 1.71. The molecule has 1 heterocycles. The number of nitriles is 1. The summed E-state index contributed by atoms with van der Waals surface area (Å²) >= 11 is 0. The molecule has 11 heteroatoms. The number of alkyl halides is 3. The molecule has 0 unspecified atom stereocenters. The fraction of sp³-hybridized carbons (Fsp3) is 0.0714. The summed E-state index contributed by atoms with van der Waals surface area (Å²) in [6.45, 7) is 14.5. The lowest BCUT2D eigenvalue weighted by molar-refractivity contribution is -0.136. The number of para-hydroxylation sites is 1. The first-order chi connectivity index (χ1) is 18.7. The lowest BCUT2D eigenvalue weighted by Crippen LogP contribution is -2.05. The molecular formula is C28H17F3N6O2. The van der Waals surface area contributed by atoms with Gasteiger partial charge >= 0.3 is 6.18 Å². The number of allylic oxidation sites excluding steroid dienone is 1. The Hall–Kier alpha value is -5.73. The molecule has 0 aliphatic heterocycles. The van der Waals surface area contributed by atoms with Crippen molar-refractivity contribution in [2.75, 3.05) is 12.8 Å². The summed E-state index contributed by atoms with van der Waals surface area (Å²) in [6, 6.07) is 18.5. The fourth-order valence-electron chi connectivity index (χ4n) is 3.69. The zero-order valence-electron chi connectivity index (χ0n) is 20.2. The van der Waals surface area contributed by atoms with Crippen LogP contribution in [-0.2, 0) is 6.18 Å². The van der Waals surface area contributed by atoms with E-state index >= 15 is 0 Å². The van der Waals surface area contributed by atoms with E-state index in [-0.39, 0.29) is 40.0 Å². The van der Waals surface area contributed by atoms with Crippen molar-refractivity contribution >= 4 is 28.8 Å². The quantitative estimate of drug-likeness (QED) is 0.208. The average molecular weight is 526 g/mol. The maximum atomic E-state index is 13.3. The van der Waals surface area contributed by atoms with Gasteiger partial charge in [0.1, 0.15) is 23.3 Å². The van der Waals surface area contributed by atoms with E-state index in [1.807, 2.05) is 12.1 Å². The summed E-state index contributed by atoms with van der Waals surface area (Å²) in [5.74, 6) is 0.216. The van der Waals surface area contributed by atoms with Crippen LogP contribution >= 0.6 is 0 Å². The minimum atomic E-state index is -4.73. The minimum absolute atomic E-state index is 0.0156. The predicted molar refractivity (Wildman–Crippen MR) is 138 cm³/mol. The highest BCUT2D eigenvalue weighted by Crippen LogP contribution is 2.41. The molecule has 0 saturated heterocycles. The SMILES string of the molecule is [C-]#[N+]c1ccc(Oc2ccc(/C=C(\C#N)c3nn(-c4ccccc4)c(N)c3[N+]#[C-])cc2OC)cc1C(F)(F)F. The number of rotatable bonds is 6. The highest BCUT2D eigenvalue weighted by Gasteiger charge is 2.34. The number of nitrogen functional groups attached to an aromatic ring is 1. The first kappa shape index (κ1) is 26.3. The molecule has 4 rings (SSSR count). The standard InChI is InChI=1S/C28H17F3N6O2/c1-34-22-11-10-20(15-21(22)28(29,30)31)39-23-12-9-17(14-24(23)38-3)13-18(16-32)25-26(35-2)27(33)37(36-25)19-7-5-4-6-8-19/h4-15H,33H2,3H3/b18-13+. The molecule has 192 valence electrons. The van der Waals surface area contributed by atoms with Gasteiger partial charge in [0.25, 0.3) is 5.69 Å². The topological polar surface area (TPSA) is 94.8 Å². The van der Waals surface area contributed by atoms with E-state index in [1.165, 1.54) is 36.1 Å². The molecule has 3 aromatic carbocycles. The molecule has 0 aliphatic rings. The second kappa shape index (κ2) is 10.7. The lowest BCUT2D eigenvalue weighted by atomic mass is 10.1. The minimum Gasteiger partial charge on any atom is -0.493 e. The van der Waals surface area contributed by atoms with E-state index in [0.29, 0.717) is 11.3 Å². The molecule has 0 amide bonds. The van der Waals surface area contributed by atoms with E-state index in [4.69, 9.17) is 28.4 Å². The summed E-state index contributed by atoms with van der Waals surface area (Å²) in [5.41, 5.74) is 5.75. The van der Waals surface area contributed by atoms with E-state index in [9.17, 15) is 18.4 Å². The monoisotopic (exact) mass is 526 g/mol. The van der Waals surface area contributed by atoms with Gasteiger partial charge in [-0.25, -0.2) is 14.4 Å². The van der Waals surface area contributed by atoms with Crippen molar-refractivity contribution in [1.29, 1.82) is 5.26 Å². The van der Waals surface area contributed by atoms with Crippen LogP contribution < -0.4 is 15.2 Å². The van der Waals surface area contributed by atoms with Gasteiger partial charge < -0.3 is 15.2 Å². The molecule has 0 spiro atoms. The molecule has 39 heavy (non-hydrogen) atoms. The summed E-state index contributed by atoms with van der Waals surface area (Å²) in [5, 5.41) is 14.3. The molecular weight excluding hydrogens is 509 g/mol. The Morgan fingerprint density at radius 3 is 2.41 bits per heavy atom. The van der Waals surface area contributed by atoms with E-state index in [1.54, 1.807) is 30.3 Å². The highest BCUT2D eigenvalue weighted by molar-refractivity contribution is 5.95. The van der Waals surface area contributed by atoms with Gasteiger partial charge in [-0.05, 0) is 48.0 Å². The van der Waals surface area contributed by atoms with Crippen molar-refractivity contribution in [3.05, 3.63) is 106 Å². The Labute approximate surface area is 221 Å². The van der Waals surface area contributed by atoms with Gasteiger partial charge in [-0.15, -0.1) is 0 Å². The number of anilines is 1. The van der Waals surface area contributed by atoms with Gasteiger partial charge in [0.2, 0.25) is 0 Å². The lowest BCUT2D eigenvalue weighted by Gasteiger charge is -2.14. The third-order valence-electron chi connectivity index (χ3n) is 5.50. The number of hydrogen-bond acceptors (Lipinski definition) is 5. The third kappa shape index (κ3) is 5.36. The van der Waals surface area contributed by atoms with Crippen LogP contribution in [0.4, 0.5) is 30.4 Å². The largest absolute Gasteiger partial charge is 0.493 e. The molecule has 0 atom stereocenters. The molecule has 0 saturated carbocycles. The highest BCUT2D eigenvalue weighted by atomic mass is 19.4. The van der Waals surface area contributed by atoms with Gasteiger partial charge in [-0.2, -0.15) is 23.5 Å². The summed E-state index contributed by atoms with van der Waals surface area (Å²) in [4.78, 5) is 6.38. The van der Waals surface area contributed by atoms with Crippen molar-refractivity contribution in [1.82, 2.24) is 9.78 Å². The number of aromatic nitrogens is 2. The van der Waals surface area contributed by atoms with E-state index in [2.05, 4.69) is 14.8 Å². The van der Waals surface area contributed by atoms with Crippen LogP contribution in [0.25, 0.3) is 27.0 Å². The number of halogens is 3. The number of benzene rings is 3. The van der Waals surface area contributed by atoms with Gasteiger partial charge in [0, 0.05) is 0 Å². The molecule has 8 nitrogen and oxygen atoms in total. The molecule has 1 aromatic heterocycles. The summed E-state index contributed by atoms with van der Waals surface area (Å²) in [6.07, 6.45) is -3.25. The van der Waals surface area contributed by atoms with Crippen molar-refractivity contribution in [3.8, 4) is 29.0 Å². The van der Waals surface area contributed by atoms with Crippen LogP contribution in [-0.4, -0.2) is 16.9 Å². The van der Waals surface area contributed by atoms with Gasteiger partial charge in [-0.3, -0.25) is 0 Å².